The molecule has 1 aromatic carbocycles. The van der Waals surface area contributed by atoms with E-state index in [9.17, 15) is 13.2 Å². The van der Waals surface area contributed by atoms with Crippen molar-refractivity contribution >= 4 is 15.9 Å². The van der Waals surface area contributed by atoms with Crippen LogP contribution in [0.4, 0.5) is 0 Å². The van der Waals surface area contributed by atoms with E-state index in [1.807, 2.05) is 0 Å². The number of sulfonamides is 1. The monoisotopic (exact) mass is 270 g/mol. The molecule has 2 N–H and O–H groups in total. The van der Waals surface area contributed by atoms with E-state index in [-0.39, 0.29) is 10.9 Å². The number of hydrogen-bond donors (Lipinski definition) is 2. The summed E-state index contributed by atoms with van der Waals surface area (Å²) in [6.45, 7) is 0. The van der Waals surface area contributed by atoms with Crippen LogP contribution in [0.3, 0.4) is 0 Å². The van der Waals surface area contributed by atoms with Gasteiger partial charge in [0.2, 0.25) is 10.0 Å². The molecular formula is C11H14N2O4S. The van der Waals surface area contributed by atoms with E-state index >= 15 is 0 Å². The van der Waals surface area contributed by atoms with Gasteiger partial charge in [-0.3, -0.25) is 9.63 Å². The van der Waals surface area contributed by atoms with Crippen LogP contribution < -0.4 is 10.2 Å². The van der Waals surface area contributed by atoms with Gasteiger partial charge in [0.25, 0.3) is 5.91 Å². The molecule has 0 saturated heterocycles. The Kier molecular flexibility index (Phi) is 3.65. The highest BCUT2D eigenvalue weighted by Crippen LogP contribution is 2.22. The number of amides is 1. The second-order valence-electron chi connectivity index (χ2n) is 4.06. The number of benzene rings is 1. The largest absolute Gasteiger partial charge is 0.277 e. The molecule has 0 radical (unpaired) electrons. The second-order valence-corrected chi connectivity index (χ2v) is 5.77. The molecule has 1 aromatic rings. The van der Waals surface area contributed by atoms with Gasteiger partial charge in [-0.1, -0.05) is 0 Å². The van der Waals surface area contributed by atoms with Crippen LogP contribution in [0, 0.1) is 0 Å². The van der Waals surface area contributed by atoms with Crippen molar-refractivity contribution in [2.75, 3.05) is 7.11 Å². The summed E-state index contributed by atoms with van der Waals surface area (Å²) in [5.41, 5.74) is 2.49. The fraction of sp³-hybridized carbons (Fsp3) is 0.364. The molecule has 1 aliphatic rings. The topological polar surface area (TPSA) is 84.5 Å². The number of carbonyl (C=O) groups excluding carboxylic acids is 1. The Hall–Kier alpha value is -1.44. The summed E-state index contributed by atoms with van der Waals surface area (Å²) >= 11 is 0. The molecule has 0 aliphatic heterocycles. The van der Waals surface area contributed by atoms with Crippen molar-refractivity contribution in [3.63, 3.8) is 0 Å². The summed E-state index contributed by atoms with van der Waals surface area (Å²) in [5.74, 6) is -0.420. The molecule has 0 aromatic heterocycles. The lowest BCUT2D eigenvalue weighted by Crippen LogP contribution is -2.26. The highest BCUT2D eigenvalue weighted by atomic mass is 32.2. The number of rotatable bonds is 5. The maximum absolute atomic E-state index is 11.9. The molecule has 1 amide bonds. The minimum absolute atomic E-state index is 0.0615. The molecule has 0 heterocycles. The van der Waals surface area contributed by atoms with Crippen LogP contribution in [-0.2, 0) is 14.9 Å². The van der Waals surface area contributed by atoms with E-state index in [1.165, 1.54) is 31.4 Å². The zero-order chi connectivity index (χ0) is 13.2. The Bertz CT molecular complexity index is 535. The van der Waals surface area contributed by atoms with Crippen molar-refractivity contribution in [2.24, 2.45) is 0 Å². The molecule has 1 saturated carbocycles. The van der Waals surface area contributed by atoms with Gasteiger partial charge in [-0.05, 0) is 37.1 Å². The van der Waals surface area contributed by atoms with Gasteiger partial charge >= 0.3 is 0 Å². The van der Waals surface area contributed by atoms with Crippen LogP contribution in [0.2, 0.25) is 0 Å². The fourth-order valence-electron chi connectivity index (χ4n) is 1.43. The first-order valence-corrected chi connectivity index (χ1v) is 6.97. The highest BCUT2D eigenvalue weighted by Gasteiger charge is 2.27. The molecule has 6 nitrogen and oxygen atoms in total. The Morgan fingerprint density at radius 1 is 1.28 bits per heavy atom. The number of hydroxylamine groups is 1. The Morgan fingerprint density at radius 3 is 2.39 bits per heavy atom. The van der Waals surface area contributed by atoms with Gasteiger partial charge in [-0.25, -0.2) is 18.6 Å². The molecule has 1 aliphatic carbocycles. The lowest BCUT2D eigenvalue weighted by atomic mass is 10.2. The Balaban J connectivity index is 2.13. The van der Waals surface area contributed by atoms with E-state index in [2.05, 4.69) is 15.0 Å². The summed E-state index contributed by atoms with van der Waals surface area (Å²) in [5, 5.41) is 0. The van der Waals surface area contributed by atoms with E-state index in [0.29, 0.717) is 5.56 Å². The van der Waals surface area contributed by atoms with Gasteiger partial charge in [-0.2, -0.15) is 0 Å². The van der Waals surface area contributed by atoms with Crippen molar-refractivity contribution in [1.82, 2.24) is 10.2 Å². The minimum Gasteiger partial charge on any atom is -0.277 e. The van der Waals surface area contributed by atoms with Gasteiger partial charge in [0.05, 0.1) is 12.0 Å². The van der Waals surface area contributed by atoms with Gasteiger partial charge in [0.1, 0.15) is 0 Å². The predicted molar refractivity (Wildman–Crippen MR) is 64.3 cm³/mol. The Morgan fingerprint density at radius 2 is 1.89 bits per heavy atom. The molecule has 0 atom stereocenters. The average Bonchev–Trinajstić information content (AvgIpc) is 3.13. The van der Waals surface area contributed by atoms with Gasteiger partial charge in [0.15, 0.2) is 0 Å². The van der Waals surface area contributed by atoms with Crippen molar-refractivity contribution in [1.29, 1.82) is 0 Å². The standard InChI is InChI=1S/C11H14N2O4S/c1-17-12-11(14)8-2-6-10(7-3-8)18(15,16)13-9-4-5-9/h2-3,6-7,9,13H,4-5H2,1H3,(H,12,14). The molecule has 0 spiro atoms. The number of nitrogens with one attached hydrogen (secondary N) is 2. The van der Waals surface area contributed by atoms with E-state index in [1.54, 1.807) is 0 Å². The van der Waals surface area contributed by atoms with Crippen LogP contribution in [0.15, 0.2) is 29.2 Å². The van der Waals surface area contributed by atoms with E-state index in [4.69, 9.17) is 0 Å². The Labute approximate surface area is 105 Å². The quantitative estimate of drug-likeness (QED) is 0.759. The summed E-state index contributed by atoms with van der Waals surface area (Å²) in [4.78, 5) is 16.0. The zero-order valence-corrected chi connectivity index (χ0v) is 10.7. The van der Waals surface area contributed by atoms with Crippen molar-refractivity contribution in [3.8, 4) is 0 Å². The van der Waals surface area contributed by atoms with Gasteiger partial charge in [0, 0.05) is 11.6 Å². The molecule has 18 heavy (non-hydrogen) atoms. The SMILES string of the molecule is CONC(=O)c1ccc(S(=O)(=O)NC2CC2)cc1. The predicted octanol–water partition coefficient (Wildman–Crippen LogP) is 0.418. The maximum Gasteiger partial charge on any atom is 0.274 e. The van der Waals surface area contributed by atoms with Crippen molar-refractivity contribution in [2.45, 2.75) is 23.8 Å². The molecule has 7 heteroatoms. The van der Waals surface area contributed by atoms with Crippen LogP contribution in [-0.4, -0.2) is 27.5 Å². The third-order valence-corrected chi connectivity index (χ3v) is 4.06. The lowest BCUT2D eigenvalue weighted by Gasteiger charge is -2.06. The molecule has 0 bridgehead atoms. The first-order chi connectivity index (χ1) is 8.53. The molecule has 98 valence electrons. The summed E-state index contributed by atoms with van der Waals surface area (Å²) in [6, 6.07) is 5.74. The summed E-state index contributed by atoms with van der Waals surface area (Å²) in [7, 11) is -2.14. The summed E-state index contributed by atoms with van der Waals surface area (Å²) < 4.78 is 26.3. The number of hydrogen-bond acceptors (Lipinski definition) is 4. The first-order valence-electron chi connectivity index (χ1n) is 5.48. The van der Waals surface area contributed by atoms with Crippen molar-refractivity contribution in [3.05, 3.63) is 29.8 Å². The van der Waals surface area contributed by atoms with E-state index in [0.717, 1.165) is 12.8 Å². The van der Waals surface area contributed by atoms with Gasteiger partial charge in [-0.15, -0.1) is 0 Å². The van der Waals surface area contributed by atoms with Crippen molar-refractivity contribution < 1.29 is 18.0 Å². The van der Waals surface area contributed by atoms with E-state index < -0.39 is 15.9 Å². The summed E-state index contributed by atoms with van der Waals surface area (Å²) in [6.07, 6.45) is 1.76. The maximum atomic E-state index is 11.9. The molecular weight excluding hydrogens is 256 g/mol. The first kappa shape index (κ1) is 13.0. The average molecular weight is 270 g/mol. The molecule has 0 unspecified atom stereocenters. The number of carbonyl (C=O) groups is 1. The van der Waals surface area contributed by atoms with Gasteiger partial charge < -0.3 is 0 Å². The third kappa shape index (κ3) is 3.06. The minimum atomic E-state index is -3.46. The highest BCUT2D eigenvalue weighted by molar-refractivity contribution is 7.89. The zero-order valence-electron chi connectivity index (χ0n) is 9.84. The van der Waals surface area contributed by atoms with Crippen LogP contribution in [0.1, 0.15) is 23.2 Å². The normalized spacial score (nSPS) is 15.4. The van der Waals surface area contributed by atoms with Crippen LogP contribution in [0.5, 0.6) is 0 Å². The van der Waals surface area contributed by atoms with Crippen LogP contribution in [0.25, 0.3) is 0 Å². The second kappa shape index (κ2) is 5.05. The van der Waals surface area contributed by atoms with Crippen LogP contribution >= 0.6 is 0 Å². The fourth-order valence-corrected chi connectivity index (χ4v) is 2.73. The molecule has 2 rings (SSSR count). The lowest BCUT2D eigenvalue weighted by molar-refractivity contribution is 0.0537. The third-order valence-electron chi connectivity index (χ3n) is 2.52. The smallest absolute Gasteiger partial charge is 0.274 e. The molecule has 1 fully saturated rings.